The fraction of sp³-hybridized carbons (Fsp3) is 0.300. The van der Waals surface area contributed by atoms with E-state index in [4.69, 9.17) is 9.47 Å². The zero-order valence-electron chi connectivity index (χ0n) is 16.4. The van der Waals surface area contributed by atoms with Crippen molar-refractivity contribution in [3.8, 4) is 11.3 Å². The Labute approximate surface area is 170 Å². The van der Waals surface area contributed by atoms with Crippen molar-refractivity contribution in [1.82, 2.24) is 24.1 Å². The summed E-state index contributed by atoms with van der Waals surface area (Å²) >= 11 is 0. The predicted octanol–water partition coefficient (Wildman–Crippen LogP) is 2.48. The van der Waals surface area contributed by atoms with Crippen LogP contribution in [0.3, 0.4) is 0 Å². The van der Waals surface area contributed by atoms with Gasteiger partial charge in [0.15, 0.2) is 5.65 Å². The molecular weight excluding hydrogens is 391 g/mol. The number of hydrogen-bond acceptors (Lipinski definition) is 7. The van der Waals surface area contributed by atoms with Gasteiger partial charge in [0.2, 0.25) is 0 Å². The molecule has 30 heavy (non-hydrogen) atoms. The lowest BCUT2D eigenvalue weighted by Crippen LogP contribution is -2.18. The monoisotopic (exact) mass is 410 g/mol. The summed E-state index contributed by atoms with van der Waals surface area (Å²) in [4.78, 5) is 21.3. The summed E-state index contributed by atoms with van der Waals surface area (Å²) in [5, 5.41) is 8.14. The van der Waals surface area contributed by atoms with Crippen molar-refractivity contribution in [2.24, 2.45) is 0 Å². The smallest absolute Gasteiger partial charge is 0.343 e. The minimum atomic E-state index is -1.11. The standard InChI is InChI=1S/C20H19FN6O3/c1-22-17-6-15(25-19-12(20(28)29-2)7-24-27(17)19)13-8-26(16-10-30-9-14(16)21)18-11(13)4-3-5-23-18/h3-8,14,16,22H,9-10H2,1-2H3/t14-,16+/m1/s1. The van der Waals surface area contributed by atoms with E-state index in [1.807, 2.05) is 29.0 Å². The van der Waals surface area contributed by atoms with E-state index in [9.17, 15) is 9.18 Å². The first-order valence-corrected chi connectivity index (χ1v) is 9.45. The normalized spacial score (nSPS) is 18.9. The van der Waals surface area contributed by atoms with Crippen molar-refractivity contribution in [3.05, 3.63) is 42.4 Å². The number of ether oxygens (including phenoxy) is 2. The van der Waals surface area contributed by atoms with Gasteiger partial charge in [0.1, 0.15) is 23.2 Å². The van der Waals surface area contributed by atoms with Crippen LogP contribution in [0.2, 0.25) is 0 Å². The summed E-state index contributed by atoms with van der Waals surface area (Å²) in [6.07, 6.45) is 3.83. The second kappa shape index (κ2) is 7.06. The van der Waals surface area contributed by atoms with Crippen molar-refractivity contribution >= 4 is 28.5 Å². The molecule has 0 amide bonds. The first-order valence-electron chi connectivity index (χ1n) is 9.45. The summed E-state index contributed by atoms with van der Waals surface area (Å²) in [6, 6.07) is 5.11. The number of hydrogen-bond donors (Lipinski definition) is 1. The molecule has 5 rings (SSSR count). The van der Waals surface area contributed by atoms with Gasteiger partial charge in [0.25, 0.3) is 0 Å². The molecule has 1 fully saturated rings. The number of nitrogens with zero attached hydrogens (tertiary/aromatic N) is 5. The maximum Gasteiger partial charge on any atom is 0.343 e. The number of nitrogens with one attached hydrogen (secondary N) is 1. The number of rotatable bonds is 4. The van der Waals surface area contributed by atoms with E-state index in [1.54, 1.807) is 13.2 Å². The molecule has 5 heterocycles. The Kier molecular flexibility index (Phi) is 4.35. The zero-order chi connectivity index (χ0) is 20.8. The topological polar surface area (TPSA) is 95.6 Å². The molecular formula is C20H19FN6O3. The molecule has 10 heteroatoms. The first-order chi connectivity index (χ1) is 14.6. The number of methoxy groups -OCH3 is 1. The molecule has 0 spiro atoms. The number of carbonyl (C=O) groups is 1. The van der Waals surface area contributed by atoms with Crippen molar-refractivity contribution in [3.63, 3.8) is 0 Å². The van der Waals surface area contributed by atoms with Crippen LogP contribution in [0.4, 0.5) is 10.2 Å². The van der Waals surface area contributed by atoms with Crippen LogP contribution in [0.1, 0.15) is 16.4 Å². The third-order valence-corrected chi connectivity index (χ3v) is 5.34. The summed E-state index contributed by atoms with van der Waals surface area (Å²) in [7, 11) is 3.07. The lowest BCUT2D eigenvalue weighted by atomic mass is 10.1. The fourth-order valence-electron chi connectivity index (χ4n) is 3.84. The first kappa shape index (κ1) is 18.5. The Hall–Kier alpha value is -3.53. The van der Waals surface area contributed by atoms with Crippen LogP contribution in [0.15, 0.2) is 36.8 Å². The highest BCUT2D eigenvalue weighted by molar-refractivity contribution is 5.97. The molecule has 1 aliphatic rings. The van der Waals surface area contributed by atoms with Crippen molar-refractivity contribution in [2.45, 2.75) is 12.2 Å². The van der Waals surface area contributed by atoms with Gasteiger partial charge in [-0.2, -0.15) is 9.61 Å². The lowest BCUT2D eigenvalue weighted by molar-refractivity contribution is 0.0602. The Bertz CT molecular complexity index is 1270. The Morgan fingerprint density at radius 1 is 1.37 bits per heavy atom. The second-order valence-electron chi connectivity index (χ2n) is 7.01. The number of halogens is 1. The zero-order valence-corrected chi connectivity index (χ0v) is 16.4. The predicted molar refractivity (Wildman–Crippen MR) is 107 cm³/mol. The van der Waals surface area contributed by atoms with E-state index < -0.39 is 18.2 Å². The van der Waals surface area contributed by atoms with Crippen LogP contribution in [0, 0.1) is 0 Å². The van der Waals surface area contributed by atoms with Gasteiger partial charge in [0.05, 0.1) is 38.3 Å². The molecule has 1 N–H and O–H groups in total. The van der Waals surface area contributed by atoms with Crippen molar-refractivity contribution < 1.29 is 18.7 Å². The van der Waals surface area contributed by atoms with E-state index in [0.29, 0.717) is 22.8 Å². The Morgan fingerprint density at radius 2 is 2.23 bits per heavy atom. The van der Waals surface area contributed by atoms with Gasteiger partial charge in [-0.05, 0) is 12.1 Å². The summed E-state index contributed by atoms with van der Waals surface area (Å²) in [6.45, 7) is 0.350. The maximum absolute atomic E-state index is 14.4. The van der Waals surface area contributed by atoms with Gasteiger partial charge in [-0.15, -0.1) is 0 Å². The van der Waals surface area contributed by atoms with E-state index >= 15 is 0 Å². The van der Waals surface area contributed by atoms with Gasteiger partial charge < -0.3 is 19.4 Å². The van der Waals surface area contributed by atoms with E-state index in [1.165, 1.54) is 17.8 Å². The average molecular weight is 410 g/mol. The van der Waals surface area contributed by atoms with Crippen molar-refractivity contribution in [2.75, 3.05) is 32.7 Å². The molecule has 4 aromatic rings. The van der Waals surface area contributed by atoms with Crippen LogP contribution >= 0.6 is 0 Å². The van der Waals surface area contributed by atoms with Crippen LogP contribution in [-0.4, -0.2) is 63.7 Å². The molecule has 0 unspecified atom stereocenters. The lowest BCUT2D eigenvalue weighted by Gasteiger charge is -2.13. The molecule has 0 aromatic carbocycles. The van der Waals surface area contributed by atoms with E-state index in [-0.39, 0.29) is 18.8 Å². The third-order valence-electron chi connectivity index (χ3n) is 5.34. The molecule has 9 nitrogen and oxygen atoms in total. The molecule has 0 saturated carbocycles. The Balaban J connectivity index is 1.75. The van der Waals surface area contributed by atoms with Gasteiger partial charge in [-0.3, -0.25) is 0 Å². The molecule has 154 valence electrons. The molecule has 2 atom stereocenters. The summed E-state index contributed by atoms with van der Waals surface area (Å²) in [5.41, 5.74) is 2.64. The summed E-state index contributed by atoms with van der Waals surface area (Å²) in [5.74, 6) is 0.117. The van der Waals surface area contributed by atoms with Gasteiger partial charge in [-0.1, -0.05) is 0 Å². The third kappa shape index (κ3) is 2.71. The number of fused-ring (bicyclic) bond motifs is 2. The highest BCUT2D eigenvalue weighted by atomic mass is 19.1. The molecule has 4 aromatic heterocycles. The summed E-state index contributed by atoms with van der Waals surface area (Å²) < 4.78 is 27.9. The van der Waals surface area contributed by atoms with Crippen LogP contribution in [0.5, 0.6) is 0 Å². The molecule has 1 saturated heterocycles. The Morgan fingerprint density at radius 3 is 2.97 bits per heavy atom. The number of anilines is 1. The van der Waals surface area contributed by atoms with E-state index in [2.05, 4.69) is 20.4 Å². The largest absolute Gasteiger partial charge is 0.465 e. The minimum Gasteiger partial charge on any atom is -0.465 e. The highest BCUT2D eigenvalue weighted by Gasteiger charge is 2.31. The second-order valence-corrected chi connectivity index (χ2v) is 7.01. The van der Waals surface area contributed by atoms with Gasteiger partial charge >= 0.3 is 5.97 Å². The molecule has 1 aliphatic heterocycles. The number of esters is 1. The number of pyridine rings is 1. The van der Waals surface area contributed by atoms with E-state index in [0.717, 1.165) is 10.9 Å². The molecule has 0 aliphatic carbocycles. The van der Waals surface area contributed by atoms with Crippen molar-refractivity contribution in [1.29, 1.82) is 0 Å². The average Bonchev–Trinajstić information content (AvgIpc) is 3.48. The van der Waals surface area contributed by atoms with Gasteiger partial charge in [-0.25, -0.2) is 19.2 Å². The highest BCUT2D eigenvalue weighted by Crippen LogP contribution is 2.35. The minimum absolute atomic E-state index is 0.0684. The maximum atomic E-state index is 14.4. The van der Waals surface area contributed by atoms with Crippen LogP contribution in [0.25, 0.3) is 27.9 Å². The number of alkyl halides is 1. The molecule has 0 bridgehead atoms. The van der Waals surface area contributed by atoms with Gasteiger partial charge in [0, 0.05) is 36.5 Å². The van der Waals surface area contributed by atoms with Crippen LogP contribution < -0.4 is 5.32 Å². The number of aromatic nitrogens is 5. The SMILES string of the molecule is CNc1cc(-c2cn([C@H]3COC[C@H]3F)c3ncccc23)nc2c(C(=O)OC)cnn12. The fourth-order valence-corrected chi connectivity index (χ4v) is 3.84. The van der Waals surface area contributed by atoms with Crippen LogP contribution in [-0.2, 0) is 9.47 Å². The quantitative estimate of drug-likeness (QED) is 0.517. The number of carbonyl (C=O) groups excluding carboxylic acids is 1. The molecule has 0 radical (unpaired) electrons.